The molecule has 0 radical (unpaired) electrons. The number of phenols is 1. The largest absolute Gasteiger partial charge is 0.504 e. The molecule has 0 heterocycles. The monoisotopic (exact) mass is 254 g/mol. The molecule has 0 atom stereocenters. The number of hydrogen-bond acceptors (Lipinski definition) is 4. The minimum Gasteiger partial charge on any atom is -0.504 e. The molecule has 0 bridgehead atoms. The second-order valence-electron chi connectivity index (χ2n) is 4.46. The van der Waals surface area contributed by atoms with Crippen molar-refractivity contribution in [3.8, 4) is 17.2 Å². The standard InChI is InChI=1S/C13H18O5/c1-7(2)17-9-5-10(13(15)16)12(14)11(6-9)18-8(3)4/h5-8,14H,1-4H3,(H,15,16). The molecule has 1 aromatic carbocycles. The molecule has 0 amide bonds. The van der Waals surface area contributed by atoms with E-state index in [9.17, 15) is 9.90 Å². The average molecular weight is 254 g/mol. The van der Waals surface area contributed by atoms with Gasteiger partial charge >= 0.3 is 5.97 Å². The van der Waals surface area contributed by atoms with E-state index in [4.69, 9.17) is 14.6 Å². The van der Waals surface area contributed by atoms with Gasteiger partial charge in [0.05, 0.1) is 12.2 Å². The molecule has 0 spiro atoms. The van der Waals surface area contributed by atoms with Crippen molar-refractivity contribution in [2.45, 2.75) is 39.9 Å². The fraction of sp³-hybridized carbons (Fsp3) is 0.462. The molecule has 5 heteroatoms. The molecular formula is C13H18O5. The second kappa shape index (κ2) is 5.62. The number of aromatic carboxylic acids is 1. The normalized spacial score (nSPS) is 10.8. The minimum atomic E-state index is -1.23. The van der Waals surface area contributed by atoms with Gasteiger partial charge in [-0.15, -0.1) is 0 Å². The summed E-state index contributed by atoms with van der Waals surface area (Å²) in [5.41, 5.74) is -0.233. The highest BCUT2D eigenvalue weighted by molar-refractivity contribution is 5.92. The van der Waals surface area contributed by atoms with Gasteiger partial charge in [0, 0.05) is 6.07 Å². The molecule has 0 fully saturated rings. The number of ether oxygens (including phenoxy) is 2. The van der Waals surface area contributed by atoms with E-state index in [2.05, 4.69) is 0 Å². The summed E-state index contributed by atoms with van der Waals surface area (Å²) in [4.78, 5) is 11.0. The van der Waals surface area contributed by atoms with Gasteiger partial charge < -0.3 is 19.7 Å². The molecule has 0 unspecified atom stereocenters. The number of carboxylic acids is 1. The maximum absolute atomic E-state index is 11.0. The van der Waals surface area contributed by atoms with Crippen LogP contribution in [0.1, 0.15) is 38.1 Å². The third-order valence-corrected chi connectivity index (χ3v) is 2.01. The van der Waals surface area contributed by atoms with Crippen LogP contribution in [0.3, 0.4) is 0 Å². The van der Waals surface area contributed by atoms with Crippen LogP contribution in [0.25, 0.3) is 0 Å². The number of aromatic hydroxyl groups is 1. The van der Waals surface area contributed by atoms with Gasteiger partial charge in [-0.1, -0.05) is 0 Å². The Morgan fingerprint density at radius 3 is 2.11 bits per heavy atom. The summed E-state index contributed by atoms with van der Waals surface area (Å²) in [6.45, 7) is 7.23. The molecule has 0 aromatic heterocycles. The fourth-order valence-corrected chi connectivity index (χ4v) is 1.43. The van der Waals surface area contributed by atoms with Crippen LogP contribution in [-0.4, -0.2) is 28.4 Å². The van der Waals surface area contributed by atoms with Crippen molar-refractivity contribution in [3.05, 3.63) is 17.7 Å². The zero-order valence-electron chi connectivity index (χ0n) is 10.9. The molecule has 0 aliphatic carbocycles. The highest BCUT2D eigenvalue weighted by Gasteiger charge is 2.18. The molecule has 0 saturated heterocycles. The van der Waals surface area contributed by atoms with Gasteiger partial charge in [0.1, 0.15) is 11.3 Å². The second-order valence-corrected chi connectivity index (χ2v) is 4.46. The number of carbonyl (C=O) groups is 1. The Labute approximate surface area is 106 Å². The predicted molar refractivity (Wildman–Crippen MR) is 66.6 cm³/mol. The maximum Gasteiger partial charge on any atom is 0.339 e. The van der Waals surface area contributed by atoms with Gasteiger partial charge in [-0.05, 0) is 33.8 Å². The van der Waals surface area contributed by atoms with Crippen LogP contribution in [0.15, 0.2) is 12.1 Å². The van der Waals surface area contributed by atoms with Crippen LogP contribution in [0.5, 0.6) is 17.2 Å². The minimum absolute atomic E-state index is 0.0944. The summed E-state index contributed by atoms with van der Waals surface area (Å²) in [7, 11) is 0. The van der Waals surface area contributed by atoms with E-state index in [1.807, 2.05) is 13.8 Å². The smallest absolute Gasteiger partial charge is 0.339 e. The Hall–Kier alpha value is -1.91. The molecule has 1 rings (SSSR count). The van der Waals surface area contributed by atoms with E-state index in [1.54, 1.807) is 13.8 Å². The van der Waals surface area contributed by atoms with Gasteiger partial charge in [0.15, 0.2) is 11.5 Å². The van der Waals surface area contributed by atoms with Crippen molar-refractivity contribution in [1.29, 1.82) is 0 Å². The highest BCUT2D eigenvalue weighted by Crippen LogP contribution is 2.35. The lowest BCUT2D eigenvalue weighted by atomic mass is 10.1. The van der Waals surface area contributed by atoms with Gasteiger partial charge in [-0.2, -0.15) is 0 Å². The first kappa shape index (κ1) is 14.2. The zero-order chi connectivity index (χ0) is 13.9. The first-order valence-corrected chi connectivity index (χ1v) is 5.75. The number of benzene rings is 1. The third-order valence-electron chi connectivity index (χ3n) is 2.01. The first-order valence-electron chi connectivity index (χ1n) is 5.75. The first-order chi connectivity index (χ1) is 8.31. The Morgan fingerprint density at radius 2 is 1.67 bits per heavy atom. The summed E-state index contributed by atoms with van der Waals surface area (Å²) < 4.78 is 10.8. The van der Waals surface area contributed by atoms with Crippen molar-refractivity contribution in [2.24, 2.45) is 0 Å². The van der Waals surface area contributed by atoms with E-state index in [0.29, 0.717) is 5.75 Å². The van der Waals surface area contributed by atoms with Crippen LogP contribution in [-0.2, 0) is 0 Å². The third kappa shape index (κ3) is 3.55. The molecule has 0 saturated carbocycles. The zero-order valence-corrected chi connectivity index (χ0v) is 10.9. The molecule has 5 nitrogen and oxygen atoms in total. The van der Waals surface area contributed by atoms with Crippen LogP contribution >= 0.6 is 0 Å². The molecule has 18 heavy (non-hydrogen) atoms. The summed E-state index contributed by atoms with van der Waals surface area (Å²) in [6.07, 6.45) is -0.269. The van der Waals surface area contributed by atoms with Crippen LogP contribution in [0.2, 0.25) is 0 Å². The molecule has 0 aliphatic heterocycles. The van der Waals surface area contributed by atoms with Crippen LogP contribution in [0.4, 0.5) is 0 Å². The summed E-state index contributed by atoms with van der Waals surface area (Å²) in [5.74, 6) is -1.14. The maximum atomic E-state index is 11.0. The molecule has 100 valence electrons. The Kier molecular flexibility index (Phi) is 4.42. The lowest BCUT2D eigenvalue weighted by Crippen LogP contribution is -2.10. The van der Waals surface area contributed by atoms with Crippen LogP contribution < -0.4 is 9.47 Å². The Balaban J connectivity index is 3.23. The van der Waals surface area contributed by atoms with E-state index >= 15 is 0 Å². The molecular weight excluding hydrogens is 236 g/mol. The number of rotatable bonds is 5. The van der Waals surface area contributed by atoms with Gasteiger partial charge in [-0.25, -0.2) is 4.79 Å². The number of carboxylic acid groups (broad SMARTS) is 1. The van der Waals surface area contributed by atoms with Gasteiger partial charge in [0.2, 0.25) is 0 Å². The predicted octanol–water partition coefficient (Wildman–Crippen LogP) is 2.66. The summed E-state index contributed by atoms with van der Waals surface area (Å²) in [5, 5.41) is 18.8. The fourth-order valence-electron chi connectivity index (χ4n) is 1.43. The van der Waals surface area contributed by atoms with Crippen LogP contribution in [0, 0.1) is 0 Å². The quantitative estimate of drug-likeness (QED) is 0.844. The Bertz CT molecular complexity index is 437. The highest BCUT2D eigenvalue weighted by atomic mass is 16.5. The average Bonchev–Trinajstić information content (AvgIpc) is 2.20. The van der Waals surface area contributed by atoms with Crippen molar-refractivity contribution in [3.63, 3.8) is 0 Å². The van der Waals surface area contributed by atoms with E-state index in [-0.39, 0.29) is 29.3 Å². The lowest BCUT2D eigenvalue weighted by molar-refractivity contribution is 0.0691. The SMILES string of the molecule is CC(C)Oc1cc(OC(C)C)c(O)c(C(=O)O)c1. The van der Waals surface area contributed by atoms with Crippen molar-refractivity contribution < 1.29 is 24.5 Å². The number of hydrogen-bond donors (Lipinski definition) is 2. The van der Waals surface area contributed by atoms with Gasteiger partial charge in [0.25, 0.3) is 0 Å². The summed E-state index contributed by atoms with van der Waals surface area (Å²) >= 11 is 0. The Morgan fingerprint density at radius 1 is 1.11 bits per heavy atom. The van der Waals surface area contributed by atoms with E-state index in [0.717, 1.165) is 0 Å². The molecule has 0 aliphatic rings. The topological polar surface area (TPSA) is 76.0 Å². The van der Waals surface area contributed by atoms with Gasteiger partial charge in [-0.3, -0.25) is 0 Å². The molecule has 1 aromatic rings. The van der Waals surface area contributed by atoms with E-state index < -0.39 is 5.97 Å². The van der Waals surface area contributed by atoms with Crippen molar-refractivity contribution in [1.82, 2.24) is 0 Å². The summed E-state index contributed by atoms with van der Waals surface area (Å²) in [6, 6.07) is 2.77. The van der Waals surface area contributed by atoms with Crippen molar-refractivity contribution in [2.75, 3.05) is 0 Å². The molecule has 2 N–H and O–H groups in total. The lowest BCUT2D eigenvalue weighted by Gasteiger charge is -2.16. The van der Waals surface area contributed by atoms with E-state index in [1.165, 1.54) is 12.1 Å². The van der Waals surface area contributed by atoms with Crippen molar-refractivity contribution >= 4 is 5.97 Å².